The van der Waals surface area contributed by atoms with Crippen LogP contribution in [0.15, 0.2) is 77.7 Å². The Kier molecular flexibility index (Phi) is 9.69. The number of halogens is 1. The van der Waals surface area contributed by atoms with Crippen molar-refractivity contribution in [2.75, 3.05) is 18.0 Å². The van der Waals surface area contributed by atoms with E-state index < -0.39 is 34.3 Å². The zero-order valence-corrected chi connectivity index (χ0v) is 23.5. The van der Waals surface area contributed by atoms with Crippen molar-refractivity contribution >= 4 is 27.5 Å². The lowest BCUT2D eigenvalue weighted by molar-refractivity contribution is -0.139. The number of ether oxygens (including phenoxy) is 1. The zero-order chi connectivity index (χ0) is 28.7. The van der Waals surface area contributed by atoms with Gasteiger partial charge in [-0.05, 0) is 81.8 Å². The maximum atomic E-state index is 13.8. The quantitative estimate of drug-likeness (QED) is 0.381. The van der Waals surface area contributed by atoms with Crippen LogP contribution in [0.3, 0.4) is 0 Å². The second-order valence-corrected chi connectivity index (χ2v) is 11.4. The molecule has 0 saturated heterocycles. The first-order valence-electron chi connectivity index (χ1n) is 12.5. The molecule has 0 radical (unpaired) electrons. The second-order valence-electron chi connectivity index (χ2n) is 9.51. The van der Waals surface area contributed by atoms with Crippen LogP contribution in [-0.2, 0) is 26.2 Å². The molecule has 0 spiro atoms. The number of methoxy groups -OCH3 is 1. The van der Waals surface area contributed by atoms with Gasteiger partial charge >= 0.3 is 0 Å². The highest BCUT2D eigenvalue weighted by Crippen LogP contribution is 2.25. The number of hydrogen-bond acceptors (Lipinski definition) is 5. The Hall–Kier alpha value is -3.92. The standard InChI is InChI=1S/C29H34FN3O5S/c1-20(2)31-29(35)22(4)32(18-23-8-14-26(38-5)15-9-23)28(34)19-33(25-12-6-21(3)7-13-25)39(36,37)27-16-10-24(30)11-17-27/h6-17,20,22H,18-19H2,1-5H3,(H,31,35)/t22-/m0/s1. The van der Waals surface area contributed by atoms with Crippen LogP contribution in [0.25, 0.3) is 0 Å². The Bertz CT molecular complexity index is 1380. The molecule has 3 aromatic rings. The minimum Gasteiger partial charge on any atom is -0.497 e. The van der Waals surface area contributed by atoms with Crippen molar-refractivity contribution in [2.24, 2.45) is 0 Å². The highest BCUT2D eigenvalue weighted by molar-refractivity contribution is 7.92. The van der Waals surface area contributed by atoms with Crippen molar-refractivity contribution < 1.29 is 27.1 Å². The molecule has 0 aromatic heterocycles. The van der Waals surface area contributed by atoms with E-state index in [1.807, 2.05) is 20.8 Å². The highest BCUT2D eigenvalue weighted by atomic mass is 32.2. The monoisotopic (exact) mass is 555 g/mol. The number of benzene rings is 3. The van der Waals surface area contributed by atoms with Crippen LogP contribution >= 0.6 is 0 Å². The van der Waals surface area contributed by atoms with Gasteiger partial charge in [-0.25, -0.2) is 12.8 Å². The molecule has 1 N–H and O–H groups in total. The maximum absolute atomic E-state index is 13.8. The van der Waals surface area contributed by atoms with Crippen LogP contribution in [0, 0.1) is 12.7 Å². The molecule has 3 aromatic carbocycles. The minimum atomic E-state index is -4.26. The van der Waals surface area contributed by atoms with Gasteiger partial charge in [0.25, 0.3) is 10.0 Å². The van der Waals surface area contributed by atoms with E-state index in [2.05, 4.69) is 5.32 Å². The predicted octanol–water partition coefficient (Wildman–Crippen LogP) is 4.28. The topological polar surface area (TPSA) is 96.0 Å². The molecular weight excluding hydrogens is 521 g/mol. The summed E-state index contributed by atoms with van der Waals surface area (Å²) in [5, 5.41) is 2.81. The number of nitrogens with one attached hydrogen (secondary N) is 1. The lowest BCUT2D eigenvalue weighted by Gasteiger charge is -2.32. The number of rotatable bonds is 11. The van der Waals surface area contributed by atoms with Crippen molar-refractivity contribution in [1.29, 1.82) is 0 Å². The normalized spacial score (nSPS) is 12.1. The molecule has 0 bridgehead atoms. The number of carbonyl (C=O) groups is 2. The van der Waals surface area contributed by atoms with Crippen LogP contribution in [0.1, 0.15) is 31.9 Å². The summed E-state index contributed by atoms with van der Waals surface area (Å²) in [6, 6.07) is 17.1. The van der Waals surface area contributed by atoms with Gasteiger partial charge in [-0.15, -0.1) is 0 Å². The van der Waals surface area contributed by atoms with Crippen molar-refractivity contribution in [3.05, 3.63) is 89.7 Å². The molecule has 2 amide bonds. The minimum absolute atomic E-state index is 0.0633. The lowest BCUT2D eigenvalue weighted by atomic mass is 10.1. The Morgan fingerprint density at radius 3 is 2.05 bits per heavy atom. The van der Waals surface area contributed by atoms with Crippen LogP contribution in [0.5, 0.6) is 5.75 Å². The van der Waals surface area contributed by atoms with Crippen LogP contribution in [0.4, 0.5) is 10.1 Å². The van der Waals surface area contributed by atoms with E-state index in [0.717, 1.165) is 39.7 Å². The number of sulfonamides is 1. The summed E-state index contributed by atoms with van der Waals surface area (Å²) in [7, 11) is -2.71. The molecule has 0 aliphatic carbocycles. The van der Waals surface area contributed by atoms with Gasteiger partial charge in [-0.3, -0.25) is 13.9 Å². The summed E-state index contributed by atoms with van der Waals surface area (Å²) >= 11 is 0. The van der Waals surface area contributed by atoms with E-state index in [1.54, 1.807) is 62.6 Å². The number of amides is 2. The van der Waals surface area contributed by atoms with E-state index >= 15 is 0 Å². The molecular formula is C29H34FN3O5S. The SMILES string of the molecule is COc1ccc(CN(C(=O)CN(c2ccc(C)cc2)S(=O)(=O)c2ccc(F)cc2)[C@@H](C)C(=O)NC(C)C)cc1. The summed E-state index contributed by atoms with van der Waals surface area (Å²) in [6.45, 7) is 6.58. The highest BCUT2D eigenvalue weighted by Gasteiger charge is 2.32. The number of anilines is 1. The molecule has 0 aliphatic heterocycles. The third-order valence-corrected chi connectivity index (χ3v) is 7.90. The first kappa shape index (κ1) is 29.6. The smallest absolute Gasteiger partial charge is 0.264 e. The van der Waals surface area contributed by atoms with E-state index in [-0.39, 0.29) is 29.1 Å². The van der Waals surface area contributed by atoms with Gasteiger partial charge < -0.3 is 15.0 Å². The number of hydrogen-bond donors (Lipinski definition) is 1. The van der Waals surface area contributed by atoms with Gasteiger partial charge in [-0.1, -0.05) is 29.8 Å². The maximum Gasteiger partial charge on any atom is 0.264 e. The number of nitrogens with zero attached hydrogens (tertiary/aromatic N) is 2. The van der Waals surface area contributed by atoms with Gasteiger partial charge in [0.1, 0.15) is 24.2 Å². The third kappa shape index (κ3) is 7.57. The fourth-order valence-corrected chi connectivity index (χ4v) is 5.30. The largest absolute Gasteiger partial charge is 0.497 e. The molecule has 0 saturated carbocycles. The van der Waals surface area contributed by atoms with Crippen molar-refractivity contribution in [3.63, 3.8) is 0 Å². The van der Waals surface area contributed by atoms with Crippen molar-refractivity contribution in [3.8, 4) is 5.75 Å². The summed E-state index contributed by atoms with van der Waals surface area (Å²) in [4.78, 5) is 28.0. The van der Waals surface area contributed by atoms with Crippen LogP contribution in [0.2, 0.25) is 0 Å². The second kappa shape index (κ2) is 12.8. The molecule has 10 heteroatoms. The number of aryl methyl sites for hydroxylation is 1. The first-order valence-corrected chi connectivity index (χ1v) is 13.9. The summed E-state index contributed by atoms with van der Waals surface area (Å²) in [5.41, 5.74) is 1.91. The Labute approximate surface area is 229 Å². The fraction of sp³-hybridized carbons (Fsp3) is 0.310. The molecule has 8 nitrogen and oxygen atoms in total. The van der Waals surface area contributed by atoms with E-state index in [1.165, 1.54) is 4.90 Å². The van der Waals surface area contributed by atoms with E-state index in [0.29, 0.717) is 5.75 Å². The Balaban J connectivity index is 2.01. The van der Waals surface area contributed by atoms with Gasteiger partial charge in [0.15, 0.2) is 0 Å². The van der Waals surface area contributed by atoms with Crippen LogP contribution < -0.4 is 14.4 Å². The van der Waals surface area contributed by atoms with E-state index in [4.69, 9.17) is 4.74 Å². The Morgan fingerprint density at radius 1 is 0.923 bits per heavy atom. The molecule has 39 heavy (non-hydrogen) atoms. The van der Waals surface area contributed by atoms with Gasteiger partial charge in [0.2, 0.25) is 11.8 Å². The summed E-state index contributed by atoms with van der Waals surface area (Å²) in [6.07, 6.45) is 0. The molecule has 3 rings (SSSR count). The molecule has 1 atom stereocenters. The molecule has 208 valence electrons. The fourth-order valence-electron chi connectivity index (χ4n) is 3.89. The summed E-state index contributed by atoms with van der Waals surface area (Å²) in [5.74, 6) is -0.889. The van der Waals surface area contributed by atoms with Gasteiger partial charge in [-0.2, -0.15) is 0 Å². The molecule has 0 heterocycles. The van der Waals surface area contributed by atoms with E-state index in [9.17, 15) is 22.4 Å². The zero-order valence-electron chi connectivity index (χ0n) is 22.7. The van der Waals surface area contributed by atoms with Crippen molar-refractivity contribution in [2.45, 2.75) is 51.2 Å². The average molecular weight is 556 g/mol. The Morgan fingerprint density at radius 2 is 1.51 bits per heavy atom. The predicted molar refractivity (Wildman–Crippen MR) is 148 cm³/mol. The summed E-state index contributed by atoms with van der Waals surface area (Å²) < 4.78 is 47.2. The number of carbonyl (C=O) groups excluding carboxylic acids is 2. The first-order chi connectivity index (χ1) is 18.4. The van der Waals surface area contributed by atoms with Crippen molar-refractivity contribution in [1.82, 2.24) is 10.2 Å². The third-order valence-electron chi connectivity index (χ3n) is 6.11. The van der Waals surface area contributed by atoms with Gasteiger partial charge in [0, 0.05) is 12.6 Å². The lowest BCUT2D eigenvalue weighted by Crippen LogP contribution is -2.52. The molecule has 0 unspecified atom stereocenters. The van der Waals surface area contributed by atoms with Crippen LogP contribution in [-0.4, -0.2) is 50.9 Å². The molecule has 0 fully saturated rings. The van der Waals surface area contributed by atoms with Gasteiger partial charge in [0.05, 0.1) is 17.7 Å². The average Bonchev–Trinajstić information content (AvgIpc) is 2.90. The molecule has 0 aliphatic rings.